The highest BCUT2D eigenvalue weighted by Crippen LogP contribution is 2.44. The van der Waals surface area contributed by atoms with Gasteiger partial charge in [0.15, 0.2) is 5.69 Å². The summed E-state index contributed by atoms with van der Waals surface area (Å²) in [6.45, 7) is 0.865. The molecule has 1 amide bonds. The summed E-state index contributed by atoms with van der Waals surface area (Å²) >= 11 is 0. The van der Waals surface area contributed by atoms with Crippen molar-refractivity contribution < 1.29 is 18.0 Å². The van der Waals surface area contributed by atoms with Crippen LogP contribution in [0.25, 0.3) is 0 Å². The van der Waals surface area contributed by atoms with E-state index in [2.05, 4.69) is 15.2 Å². The largest absolute Gasteiger partial charge is 0.434 e. The normalized spacial score (nSPS) is 23.1. The highest BCUT2D eigenvalue weighted by Gasteiger charge is 2.45. The third-order valence-corrected chi connectivity index (χ3v) is 5.29. The Morgan fingerprint density at radius 3 is 2.96 bits per heavy atom. The fourth-order valence-corrected chi connectivity index (χ4v) is 4.15. The zero-order valence-corrected chi connectivity index (χ0v) is 13.4. The monoisotopic (exact) mass is 350 g/mol. The maximum Gasteiger partial charge on any atom is 0.434 e. The minimum atomic E-state index is -4.65. The molecule has 2 aromatic heterocycles. The van der Waals surface area contributed by atoms with Gasteiger partial charge in [0.25, 0.3) is 5.91 Å². The minimum Gasteiger partial charge on any atom is -0.338 e. The Hall–Kier alpha value is -2.38. The number of carbonyl (C=O) groups is 1. The minimum absolute atomic E-state index is 0.222. The Bertz CT molecular complexity index is 816. The van der Waals surface area contributed by atoms with Gasteiger partial charge < -0.3 is 4.90 Å². The number of piperidine rings is 1. The third kappa shape index (κ3) is 2.60. The zero-order chi connectivity index (χ0) is 17.7. The first-order valence-corrected chi connectivity index (χ1v) is 8.25. The van der Waals surface area contributed by atoms with Crippen molar-refractivity contribution in [2.45, 2.75) is 37.3 Å². The maximum absolute atomic E-state index is 13.2. The van der Waals surface area contributed by atoms with Crippen LogP contribution in [-0.2, 0) is 18.0 Å². The molecule has 1 spiro atoms. The molecule has 1 unspecified atom stereocenters. The Morgan fingerprint density at radius 2 is 2.16 bits per heavy atom. The number of halogens is 3. The molecule has 0 aromatic carbocycles. The molecule has 132 valence electrons. The molecule has 4 rings (SSSR count). The number of aromatic nitrogens is 3. The van der Waals surface area contributed by atoms with Crippen LogP contribution >= 0.6 is 0 Å². The number of alkyl halides is 3. The van der Waals surface area contributed by atoms with E-state index >= 15 is 0 Å². The summed E-state index contributed by atoms with van der Waals surface area (Å²) in [5.74, 6) is -0.604. The maximum atomic E-state index is 13.2. The van der Waals surface area contributed by atoms with Gasteiger partial charge in [-0.2, -0.15) is 18.3 Å². The van der Waals surface area contributed by atoms with Gasteiger partial charge in [0.1, 0.15) is 0 Å². The van der Waals surface area contributed by atoms with Crippen LogP contribution < -0.4 is 0 Å². The SMILES string of the molecule is O=C(c1cccnc1C(F)(F)F)N1CCCC2(CCc3cn[nH]c32)C1. The molecule has 0 bridgehead atoms. The van der Waals surface area contributed by atoms with E-state index in [1.165, 1.54) is 17.0 Å². The zero-order valence-electron chi connectivity index (χ0n) is 13.4. The fourth-order valence-electron chi connectivity index (χ4n) is 4.15. The van der Waals surface area contributed by atoms with Gasteiger partial charge in [-0.1, -0.05) is 0 Å². The first-order valence-electron chi connectivity index (χ1n) is 8.25. The Morgan fingerprint density at radius 1 is 1.32 bits per heavy atom. The number of H-pyrrole nitrogens is 1. The number of hydrogen-bond acceptors (Lipinski definition) is 3. The van der Waals surface area contributed by atoms with Gasteiger partial charge in [0, 0.05) is 30.4 Å². The summed E-state index contributed by atoms with van der Waals surface area (Å²) in [4.78, 5) is 17.7. The van der Waals surface area contributed by atoms with Crippen molar-refractivity contribution in [3.05, 3.63) is 47.0 Å². The quantitative estimate of drug-likeness (QED) is 0.860. The Labute approximate surface area is 142 Å². The lowest BCUT2D eigenvalue weighted by atomic mass is 9.77. The van der Waals surface area contributed by atoms with Crippen LogP contribution in [0, 0.1) is 0 Å². The summed E-state index contributed by atoms with van der Waals surface area (Å²) in [6, 6.07) is 2.57. The average Bonchev–Trinajstić information content (AvgIpc) is 3.19. The summed E-state index contributed by atoms with van der Waals surface area (Å²) < 4.78 is 39.5. The number of fused-ring (bicyclic) bond motifs is 2. The van der Waals surface area contributed by atoms with Crippen molar-refractivity contribution >= 4 is 5.91 Å². The number of rotatable bonds is 1. The van der Waals surface area contributed by atoms with Gasteiger partial charge in [-0.05, 0) is 43.4 Å². The summed E-state index contributed by atoms with van der Waals surface area (Å²) in [5, 5.41) is 7.11. The van der Waals surface area contributed by atoms with E-state index in [0.717, 1.165) is 43.1 Å². The second-order valence-electron chi connectivity index (χ2n) is 6.78. The predicted molar refractivity (Wildman–Crippen MR) is 83.0 cm³/mol. The second kappa shape index (κ2) is 5.57. The number of hydrogen-bond donors (Lipinski definition) is 1. The van der Waals surface area contributed by atoms with Crippen LogP contribution in [0.2, 0.25) is 0 Å². The van der Waals surface area contributed by atoms with Crippen molar-refractivity contribution in [2.75, 3.05) is 13.1 Å². The average molecular weight is 350 g/mol. The lowest BCUT2D eigenvalue weighted by Crippen LogP contribution is -2.48. The van der Waals surface area contributed by atoms with E-state index in [4.69, 9.17) is 0 Å². The van der Waals surface area contributed by atoms with Crippen molar-refractivity contribution in [2.24, 2.45) is 0 Å². The molecule has 1 aliphatic heterocycles. The van der Waals surface area contributed by atoms with E-state index < -0.39 is 17.8 Å². The number of carbonyl (C=O) groups excluding carboxylic acids is 1. The van der Waals surface area contributed by atoms with E-state index in [9.17, 15) is 18.0 Å². The molecule has 8 heteroatoms. The summed E-state index contributed by atoms with van der Waals surface area (Å²) in [7, 11) is 0. The number of likely N-dealkylation sites (tertiary alicyclic amines) is 1. The smallest absolute Gasteiger partial charge is 0.338 e. The van der Waals surface area contributed by atoms with Crippen LogP contribution in [0.5, 0.6) is 0 Å². The lowest BCUT2D eigenvalue weighted by molar-refractivity contribution is -0.141. The van der Waals surface area contributed by atoms with Gasteiger partial charge in [-0.25, -0.2) is 0 Å². The number of amides is 1. The molecule has 3 heterocycles. The summed E-state index contributed by atoms with van der Waals surface area (Å²) in [5.41, 5.74) is 0.461. The third-order valence-electron chi connectivity index (χ3n) is 5.29. The van der Waals surface area contributed by atoms with Crippen molar-refractivity contribution in [1.29, 1.82) is 0 Å². The van der Waals surface area contributed by atoms with E-state index in [1.54, 1.807) is 6.20 Å². The fraction of sp³-hybridized carbons (Fsp3) is 0.471. The van der Waals surface area contributed by atoms with E-state index in [0.29, 0.717) is 13.1 Å². The van der Waals surface area contributed by atoms with Gasteiger partial charge in [0.05, 0.1) is 11.8 Å². The highest BCUT2D eigenvalue weighted by atomic mass is 19.4. The first-order chi connectivity index (χ1) is 11.9. The van der Waals surface area contributed by atoms with Crippen molar-refractivity contribution in [1.82, 2.24) is 20.1 Å². The standard InChI is InChI=1S/C17H17F3N4O/c18-17(19,20)14-12(3-1-7-21-14)15(25)24-8-2-5-16(10-24)6-4-11-9-22-23-13(11)16/h1,3,7,9H,2,4-6,8,10H2,(H,22,23). The second-order valence-corrected chi connectivity index (χ2v) is 6.78. The van der Waals surface area contributed by atoms with Gasteiger partial charge in [0.2, 0.25) is 0 Å². The first kappa shape index (κ1) is 16.1. The molecule has 1 saturated heterocycles. The molecule has 0 saturated carbocycles. The molecule has 2 aliphatic rings. The van der Waals surface area contributed by atoms with Crippen LogP contribution in [0.15, 0.2) is 24.5 Å². The molecule has 1 aliphatic carbocycles. The highest BCUT2D eigenvalue weighted by molar-refractivity contribution is 5.95. The number of aryl methyl sites for hydroxylation is 1. The number of pyridine rings is 1. The topological polar surface area (TPSA) is 61.9 Å². The molecule has 2 aromatic rings. The number of aromatic amines is 1. The van der Waals surface area contributed by atoms with Crippen LogP contribution in [-0.4, -0.2) is 39.1 Å². The van der Waals surface area contributed by atoms with Crippen LogP contribution in [0.4, 0.5) is 13.2 Å². The number of nitrogens with zero attached hydrogens (tertiary/aromatic N) is 3. The lowest BCUT2D eigenvalue weighted by Gasteiger charge is -2.40. The Balaban J connectivity index is 1.64. The van der Waals surface area contributed by atoms with Gasteiger partial charge in [-0.15, -0.1) is 0 Å². The molecule has 0 radical (unpaired) electrons. The molecular weight excluding hydrogens is 333 g/mol. The summed E-state index contributed by atoms with van der Waals surface area (Å²) in [6.07, 6.45) is 1.65. The molecule has 1 fully saturated rings. The number of nitrogens with one attached hydrogen (secondary N) is 1. The predicted octanol–water partition coefficient (Wildman–Crippen LogP) is 2.94. The van der Waals surface area contributed by atoms with Crippen LogP contribution in [0.3, 0.4) is 0 Å². The van der Waals surface area contributed by atoms with Gasteiger partial charge >= 0.3 is 6.18 Å². The molecule has 5 nitrogen and oxygen atoms in total. The van der Waals surface area contributed by atoms with E-state index in [1.807, 2.05) is 0 Å². The Kier molecular flexibility index (Phi) is 3.59. The van der Waals surface area contributed by atoms with Crippen LogP contribution in [0.1, 0.15) is 46.6 Å². The molecular formula is C17H17F3N4O. The molecule has 1 N–H and O–H groups in total. The molecule has 1 atom stereocenters. The van der Waals surface area contributed by atoms with Crippen molar-refractivity contribution in [3.63, 3.8) is 0 Å². The van der Waals surface area contributed by atoms with Crippen molar-refractivity contribution in [3.8, 4) is 0 Å². The molecule has 25 heavy (non-hydrogen) atoms. The van der Waals surface area contributed by atoms with Gasteiger partial charge in [-0.3, -0.25) is 14.9 Å². The van der Waals surface area contributed by atoms with E-state index in [-0.39, 0.29) is 11.0 Å².